The SMILES string of the molecule is O=C1NC(c2cc3ccccc3c3ccccc23)C2=C1C(c1cccc3ccccc13)NC2=O. The molecule has 0 aromatic heterocycles. The van der Waals surface area contributed by atoms with Crippen molar-refractivity contribution in [3.05, 3.63) is 119 Å². The van der Waals surface area contributed by atoms with E-state index in [1.54, 1.807) is 0 Å². The predicted octanol–water partition coefficient (Wildman–Crippen LogP) is 5.48. The quantitative estimate of drug-likeness (QED) is 0.357. The molecule has 4 nitrogen and oxygen atoms in total. The summed E-state index contributed by atoms with van der Waals surface area (Å²) < 4.78 is 0. The second kappa shape index (κ2) is 7.03. The smallest absolute Gasteiger partial charge is 0.250 e. The van der Waals surface area contributed by atoms with Gasteiger partial charge in [0, 0.05) is 0 Å². The van der Waals surface area contributed by atoms with Gasteiger partial charge < -0.3 is 10.6 Å². The van der Waals surface area contributed by atoms with Crippen LogP contribution in [0.4, 0.5) is 0 Å². The molecule has 5 aromatic rings. The Labute approximate surface area is 195 Å². The first-order chi connectivity index (χ1) is 16.7. The van der Waals surface area contributed by atoms with Gasteiger partial charge >= 0.3 is 0 Å². The molecule has 2 atom stereocenters. The van der Waals surface area contributed by atoms with Crippen LogP contribution in [-0.2, 0) is 9.59 Å². The Morgan fingerprint density at radius 2 is 1.00 bits per heavy atom. The Morgan fingerprint density at radius 1 is 0.471 bits per heavy atom. The summed E-state index contributed by atoms with van der Waals surface area (Å²) in [5.74, 6) is -0.373. The largest absolute Gasteiger partial charge is 0.341 e. The molecule has 4 heteroatoms. The lowest BCUT2D eigenvalue weighted by Crippen LogP contribution is -2.33. The maximum absolute atomic E-state index is 13.3. The van der Waals surface area contributed by atoms with Crippen LogP contribution in [0.2, 0.25) is 0 Å². The highest BCUT2D eigenvalue weighted by Crippen LogP contribution is 2.44. The van der Waals surface area contributed by atoms with Gasteiger partial charge in [-0.3, -0.25) is 9.59 Å². The molecule has 2 aliphatic heterocycles. The molecule has 2 amide bonds. The van der Waals surface area contributed by atoms with Gasteiger partial charge in [-0.2, -0.15) is 0 Å². The molecule has 2 heterocycles. The van der Waals surface area contributed by atoms with E-state index in [0.717, 1.165) is 43.4 Å². The van der Waals surface area contributed by atoms with E-state index < -0.39 is 12.1 Å². The molecule has 0 radical (unpaired) electrons. The van der Waals surface area contributed by atoms with Gasteiger partial charge in [0.15, 0.2) is 0 Å². The fourth-order valence-electron chi connectivity index (χ4n) is 5.67. The molecule has 2 aliphatic rings. The molecule has 2 unspecified atom stereocenters. The molecule has 0 aliphatic carbocycles. The minimum Gasteiger partial charge on any atom is -0.341 e. The summed E-state index contributed by atoms with van der Waals surface area (Å²) in [5, 5.41) is 12.8. The highest BCUT2D eigenvalue weighted by atomic mass is 16.2. The number of carbonyl (C=O) groups is 2. The van der Waals surface area contributed by atoms with Crippen molar-refractivity contribution in [1.82, 2.24) is 10.6 Å². The second-order valence-corrected chi connectivity index (χ2v) is 8.94. The molecule has 34 heavy (non-hydrogen) atoms. The summed E-state index contributed by atoms with van der Waals surface area (Å²) in [7, 11) is 0. The third-order valence-electron chi connectivity index (χ3n) is 7.15. The number of benzene rings is 5. The minimum absolute atomic E-state index is 0.187. The molecule has 0 bridgehead atoms. The normalized spacial score (nSPS) is 19.6. The van der Waals surface area contributed by atoms with Gasteiger partial charge in [-0.1, -0.05) is 91.0 Å². The van der Waals surface area contributed by atoms with E-state index in [1.165, 1.54) is 0 Å². The van der Waals surface area contributed by atoms with E-state index in [0.29, 0.717) is 11.1 Å². The van der Waals surface area contributed by atoms with Crippen LogP contribution in [0.3, 0.4) is 0 Å². The van der Waals surface area contributed by atoms with Crippen molar-refractivity contribution in [2.45, 2.75) is 12.1 Å². The molecule has 7 rings (SSSR count). The van der Waals surface area contributed by atoms with Gasteiger partial charge in [-0.05, 0) is 49.5 Å². The van der Waals surface area contributed by atoms with E-state index in [4.69, 9.17) is 0 Å². The van der Waals surface area contributed by atoms with Crippen molar-refractivity contribution in [1.29, 1.82) is 0 Å². The molecule has 0 saturated carbocycles. The fourth-order valence-corrected chi connectivity index (χ4v) is 5.67. The topological polar surface area (TPSA) is 58.2 Å². The maximum atomic E-state index is 13.3. The van der Waals surface area contributed by atoms with E-state index in [-0.39, 0.29) is 11.8 Å². The number of rotatable bonds is 2. The Morgan fingerprint density at radius 3 is 1.74 bits per heavy atom. The summed E-state index contributed by atoms with van der Waals surface area (Å²) in [6.07, 6.45) is 0. The fraction of sp³-hybridized carbons (Fsp3) is 0.0667. The van der Waals surface area contributed by atoms with Crippen molar-refractivity contribution >= 4 is 44.1 Å². The number of carbonyl (C=O) groups excluding carboxylic acids is 2. The first-order valence-electron chi connectivity index (χ1n) is 11.4. The van der Waals surface area contributed by atoms with Crippen molar-refractivity contribution in [2.24, 2.45) is 0 Å². The third-order valence-corrected chi connectivity index (χ3v) is 7.15. The van der Waals surface area contributed by atoms with Gasteiger partial charge in [-0.25, -0.2) is 0 Å². The van der Waals surface area contributed by atoms with Crippen molar-refractivity contribution < 1.29 is 9.59 Å². The predicted molar refractivity (Wildman–Crippen MR) is 134 cm³/mol. The molecule has 5 aromatic carbocycles. The van der Waals surface area contributed by atoms with Gasteiger partial charge in [0.05, 0.1) is 23.2 Å². The van der Waals surface area contributed by atoms with E-state index in [2.05, 4.69) is 41.0 Å². The zero-order chi connectivity index (χ0) is 22.8. The highest BCUT2D eigenvalue weighted by Gasteiger charge is 2.46. The van der Waals surface area contributed by atoms with Crippen LogP contribution in [0.1, 0.15) is 23.2 Å². The molecule has 0 fully saturated rings. The Hall–Kier alpha value is -4.44. The zero-order valence-electron chi connectivity index (χ0n) is 18.2. The highest BCUT2D eigenvalue weighted by molar-refractivity contribution is 6.16. The molecular formula is C30H20N2O2. The standard InChI is InChI=1S/C30H20N2O2/c33-29-25-26(30(34)31-27(25)23-15-7-10-17-8-1-3-11-19(17)23)28(32-29)24-16-18-9-2-4-12-20(18)21-13-5-6-14-22(21)24/h1-16,27-28H,(H,31,34)(H,32,33). The van der Waals surface area contributed by atoms with Crippen LogP contribution in [0.5, 0.6) is 0 Å². The number of amides is 2. The summed E-state index contributed by atoms with van der Waals surface area (Å²) in [6.45, 7) is 0. The summed E-state index contributed by atoms with van der Waals surface area (Å²) in [6, 6.07) is 31.6. The van der Waals surface area contributed by atoms with E-state index >= 15 is 0 Å². The van der Waals surface area contributed by atoms with Crippen LogP contribution < -0.4 is 10.6 Å². The van der Waals surface area contributed by atoms with Gasteiger partial charge in [0.25, 0.3) is 11.8 Å². The van der Waals surface area contributed by atoms with E-state index in [9.17, 15) is 9.59 Å². The number of hydrogen-bond acceptors (Lipinski definition) is 2. The van der Waals surface area contributed by atoms with Crippen LogP contribution >= 0.6 is 0 Å². The van der Waals surface area contributed by atoms with Crippen LogP contribution in [-0.4, -0.2) is 11.8 Å². The van der Waals surface area contributed by atoms with Gasteiger partial charge in [-0.15, -0.1) is 0 Å². The molecular weight excluding hydrogens is 420 g/mol. The van der Waals surface area contributed by atoms with E-state index in [1.807, 2.05) is 66.7 Å². The summed E-state index contributed by atoms with van der Waals surface area (Å²) >= 11 is 0. The summed E-state index contributed by atoms with van der Waals surface area (Å²) in [5.41, 5.74) is 2.95. The first kappa shape index (κ1) is 19.1. The van der Waals surface area contributed by atoms with Crippen LogP contribution in [0.25, 0.3) is 32.3 Å². The third kappa shape index (κ3) is 2.59. The minimum atomic E-state index is -0.489. The molecule has 0 spiro atoms. The molecule has 162 valence electrons. The second-order valence-electron chi connectivity index (χ2n) is 8.94. The average Bonchev–Trinajstić information content (AvgIpc) is 3.41. The lowest BCUT2D eigenvalue weighted by Gasteiger charge is -2.20. The maximum Gasteiger partial charge on any atom is 0.250 e. The van der Waals surface area contributed by atoms with Crippen LogP contribution in [0, 0.1) is 0 Å². The van der Waals surface area contributed by atoms with Gasteiger partial charge in [0.1, 0.15) is 0 Å². The van der Waals surface area contributed by atoms with Crippen molar-refractivity contribution in [3.63, 3.8) is 0 Å². The monoisotopic (exact) mass is 440 g/mol. The zero-order valence-corrected chi connectivity index (χ0v) is 18.2. The van der Waals surface area contributed by atoms with Gasteiger partial charge in [0.2, 0.25) is 0 Å². The lowest BCUT2D eigenvalue weighted by atomic mass is 9.89. The van der Waals surface area contributed by atoms with Crippen molar-refractivity contribution in [2.75, 3.05) is 0 Å². The first-order valence-corrected chi connectivity index (χ1v) is 11.4. The van der Waals surface area contributed by atoms with Crippen molar-refractivity contribution in [3.8, 4) is 0 Å². The average molecular weight is 441 g/mol. The Kier molecular flexibility index (Phi) is 3.94. The number of hydrogen-bond donors (Lipinski definition) is 2. The number of nitrogens with one attached hydrogen (secondary N) is 2. The summed E-state index contributed by atoms with van der Waals surface area (Å²) in [4.78, 5) is 26.7. The Bertz CT molecular complexity index is 1710. The lowest BCUT2D eigenvalue weighted by molar-refractivity contribution is -0.118. The molecule has 0 saturated heterocycles. The molecule has 2 N–H and O–H groups in total. The van der Waals surface area contributed by atoms with Crippen LogP contribution in [0.15, 0.2) is 108 Å². The Balaban J connectivity index is 1.45. The number of fused-ring (bicyclic) bond motifs is 4.